The summed E-state index contributed by atoms with van der Waals surface area (Å²) in [5, 5.41) is 2.99. The predicted octanol–water partition coefficient (Wildman–Crippen LogP) is 1.83. The van der Waals surface area contributed by atoms with Gasteiger partial charge < -0.3 is 19.9 Å². The van der Waals surface area contributed by atoms with Gasteiger partial charge in [0.05, 0.1) is 13.2 Å². The van der Waals surface area contributed by atoms with Crippen LogP contribution in [0.2, 0.25) is 0 Å². The lowest BCUT2D eigenvalue weighted by molar-refractivity contribution is -0.158. The number of hydrogen-bond donors (Lipinski definition) is 1. The van der Waals surface area contributed by atoms with E-state index < -0.39 is 17.5 Å². The summed E-state index contributed by atoms with van der Waals surface area (Å²) < 4.78 is 5.31. The van der Waals surface area contributed by atoms with Crippen molar-refractivity contribution in [1.82, 2.24) is 9.80 Å². The number of rotatable bonds is 2. The zero-order valence-electron chi connectivity index (χ0n) is 16.9. The van der Waals surface area contributed by atoms with Crippen LogP contribution in [-0.2, 0) is 19.8 Å². The SMILES string of the molecule is COc1ccc2c(c1)NC(=O)C21CC2C(=O)N3CCCC3C(=O)N2C1C=C(C)C. The molecule has 0 aromatic heterocycles. The summed E-state index contributed by atoms with van der Waals surface area (Å²) in [6.45, 7) is 4.54. The van der Waals surface area contributed by atoms with Crippen LogP contribution < -0.4 is 10.1 Å². The number of anilines is 1. The molecule has 1 aromatic carbocycles. The van der Waals surface area contributed by atoms with Gasteiger partial charge in [-0.05, 0) is 44.7 Å². The number of nitrogens with zero attached hydrogens (tertiary/aromatic N) is 2. The number of amides is 3. The van der Waals surface area contributed by atoms with Gasteiger partial charge in [0.1, 0.15) is 23.2 Å². The first kappa shape index (κ1) is 18.2. The topological polar surface area (TPSA) is 79.0 Å². The van der Waals surface area contributed by atoms with Crippen molar-refractivity contribution >= 4 is 23.4 Å². The van der Waals surface area contributed by atoms with Crippen LogP contribution in [0.1, 0.15) is 38.7 Å². The Morgan fingerprint density at radius 3 is 2.72 bits per heavy atom. The van der Waals surface area contributed by atoms with Gasteiger partial charge in [-0.3, -0.25) is 14.4 Å². The highest BCUT2D eigenvalue weighted by atomic mass is 16.5. The van der Waals surface area contributed by atoms with E-state index in [2.05, 4.69) is 5.32 Å². The first-order valence-electron chi connectivity index (χ1n) is 10.2. The molecule has 0 saturated carbocycles. The molecule has 7 nitrogen and oxygen atoms in total. The Bertz CT molecular complexity index is 967. The molecule has 7 heteroatoms. The van der Waals surface area contributed by atoms with E-state index in [4.69, 9.17) is 4.74 Å². The number of piperazine rings is 1. The van der Waals surface area contributed by atoms with Gasteiger partial charge in [-0.15, -0.1) is 0 Å². The quantitative estimate of drug-likeness (QED) is 0.775. The summed E-state index contributed by atoms with van der Waals surface area (Å²) >= 11 is 0. The van der Waals surface area contributed by atoms with Crippen LogP contribution in [-0.4, -0.2) is 59.3 Å². The third kappa shape index (κ3) is 2.27. The molecule has 4 heterocycles. The van der Waals surface area contributed by atoms with Crippen molar-refractivity contribution in [1.29, 1.82) is 0 Å². The molecule has 0 radical (unpaired) electrons. The smallest absolute Gasteiger partial charge is 0.246 e. The van der Waals surface area contributed by atoms with Crippen LogP contribution in [0.25, 0.3) is 0 Å². The van der Waals surface area contributed by atoms with E-state index in [0.29, 0.717) is 30.8 Å². The van der Waals surface area contributed by atoms with Crippen LogP contribution >= 0.6 is 0 Å². The second kappa shape index (κ2) is 6.08. The number of fused-ring (bicyclic) bond motifs is 4. The summed E-state index contributed by atoms with van der Waals surface area (Å²) in [5.74, 6) is 0.453. The van der Waals surface area contributed by atoms with Crippen molar-refractivity contribution in [3.05, 3.63) is 35.4 Å². The van der Waals surface area contributed by atoms with E-state index in [1.54, 1.807) is 23.0 Å². The molecule has 4 aliphatic rings. The number of nitrogens with one attached hydrogen (secondary N) is 1. The average Bonchev–Trinajstić information content (AvgIpc) is 3.36. The van der Waals surface area contributed by atoms with Gasteiger partial charge in [0.2, 0.25) is 17.7 Å². The fourth-order valence-corrected chi connectivity index (χ4v) is 5.64. The zero-order chi connectivity index (χ0) is 20.5. The van der Waals surface area contributed by atoms with Gasteiger partial charge in [-0.2, -0.15) is 0 Å². The van der Waals surface area contributed by atoms with E-state index in [1.807, 2.05) is 32.1 Å². The minimum Gasteiger partial charge on any atom is -0.497 e. The van der Waals surface area contributed by atoms with E-state index >= 15 is 0 Å². The number of allylic oxidation sites excluding steroid dienone is 1. The lowest BCUT2D eigenvalue weighted by atomic mass is 9.73. The van der Waals surface area contributed by atoms with Crippen LogP contribution in [0.5, 0.6) is 5.75 Å². The molecule has 0 bridgehead atoms. The minimum atomic E-state index is -0.964. The monoisotopic (exact) mass is 395 g/mol. The highest BCUT2D eigenvalue weighted by Crippen LogP contribution is 2.53. The largest absolute Gasteiger partial charge is 0.497 e. The third-order valence-corrected chi connectivity index (χ3v) is 6.87. The molecule has 152 valence electrons. The highest BCUT2D eigenvalue weighted by molar-refractivity contribution is 6.10. The van der Waals surface area contributed by atoms with Crippen molar-refractivity contribution in [2.45, 2.75) is 56.7 Å². The Balaban J connectivity index is 1.69. The Morgan fingerprint density at radius 1 is 1.21 bits per heavy atom. The average molecular weight is 395 g/mol. The maximum Gasteiger partial charge on any atom is 0.246 e. The highest BCUT2D eigenvalue weighted by Gasteiger charge is 2.66. The van der Waals surface area contributed by atoms with Crippen LogP contribution in [0.4, 0.5) is 5.69 Å². The molecule has 3 amide bonds. The standard InChI is InChI=1S/C22H25N3O4/c1-12(2)9-18-22(14-7-6-13(29-3)10-15(14)23-21(22)28)11-17-19(26)24-8-4-5-16(24)20(27)25(17)18/h6-7,9-10,16-18H,4-5,8,11H2,1-3H3,(H,23,28). The molecule has 4 unspecified atom stereocenters. The lowest BCUT2D eigenvalue weighted by Crippen LogP contribution is -2.62. The molecule has 1 aromatic rings. The maximum absolute atomic E-state index is 13.4. The van der Waals surface area contributed by atoms with Gasteiger partial charge in [-0.1, -0.05) is 17.7 Å². The third-order valence-electron chi connectivity index (χ3n) is 6.87. The Hall–Kier alpha value is -2.83. The number of methoxy groups -OCH3 is 1. The number of carbonyl (C=O) groups excluding carboxylic acids is 3. The van der Waals surface area contributed by atoms with Gasteiger partial charge in [0, 0.05) is 18.3 Å². The van der Waals surface area contributed by atoms with Crippen molar-refractivity contribution in [2.75, 3.05) is 19.0 Å². The summed E-state index contributed by atoms with van der Waals surface area (Å²) in [6.07, 6.45) is 3.84. The molecule has 4 atom stereocenters. The van der Waals surface area contributed by atoms with E-state index in [-0.39, 0.29) is 23.8 Å². The fraction of sp³-hybridized carbons (Fsp3) is 0.500. The molecule has 5 rings (SSSR count). The van der Waals surface area contributed by atoms with E-state index in [1.165, 1.54) is 0 Å². The summed E-state index contributed by atoms with van der Waals surface area (Å²) in [5.41, 5.74) is 1.58. The number of hydrogen-bond acceptors (Lipinski definition) is 4. The summed E-state index contributed by atoms with van der Waals surface area (Å²) in [4.78, 5) is 43.6. The second-order valence-electron chi connectivity index (χ2n) is 8.68. The minimum absolute atomic E-state index is 0.0223. The molecule has 3 saturated heterocycles. The van der Waals surface area contributed by atoms with Crippen LogP contribution in [0.15, 0.2) is 29.8 Å². The maximum atomic E-state index is 13.4. The molecule has 0 aliphatic carbocycles. The van der Waals surface area contributed by atoms with Crippen molar-refractivity contribution in [3.63, 3.8) is 0 Å². The van der Waals surface area contributed by atoms with Crippen molar-refractivity contribution in [2.24, 2.45) is 0 Å². The first-order chi connectivity index (χ1) is 13.9. The second-order valence-corrected chi connectivity index (χ2v) is 8.68. The molecular formula is C22H25N3O4. The van der Waals surface area contributed by atoms with Crippen LogP contribution in [0.3, 0.4) is 0 Å². The predicted molar refractivity (Wildman–Crippen MR) is 107 cm³/mol. The molecule has 1 N–H and O–H groups in total. The lowest BCUT2D eigenvalue weighted by Gasteiger charge is -2.41. The van der Waals surface area contributed by atoms with Gasteiger partial charge >= 0.3 is 0 Å². The molecule has 3 fully saturated rings. The zero-order valence-corrected chi connectivity index (χ0v) is 16.9. The Labute approximate surface area is 169 Å². The number of ether oxygens (including phenoxy) is 1. The molecule has 1 spiro atoms. The van der Waals surface area contributed by atoms with Gasteiger partial charge in [0.15, 0.2) is 0 Å². The van der Waals surface area contributed by atoms with E-state index in [9.17, 15) is 14.4 Å². The molecule has 29 heavy (non-hydrogen) atoms. The van der Waals surface area contributed by atoms with Gasteiger partial charge in [0.25, 0.3) is 0 Å². The molecule has 4 aliphatic heterocycles. The number of carbonyl (C=O) groups is 3. The van der Waals surface area contributed by atoms with E-state index in [0.717, 1.165) is 17.6 Å². The summed E-state index contributed by atoms with van der Waals surface area (Å²) in [7, 11) is 1.58. The number of benzene rings is 1. The van der Waals surface area contributed by atoms with Crippen LogP contribution in [0, 0.1) is 0 Å². The fourth-order valence-electron chi connectivity index (χ4n) is 5.64. The normalized spacial score (nSPS) is 32.2. The van der Waals surface area contributed by atoms with Crippen molar-refractivity contribution in [3.8, 4) is 5.75 Å². The van der Waals surface area contributed by atoms with Gasteiger partial charge in [-0.25, -0.2) is 0 Å². The Kier molecular flexibility index (Phi) is 3.82. The molecular weight excluding hydrogens is 370 g/mol. The Morgan fingerprint density at radius 2 is 2.00 bits per heavy atom. The summed E-state index contributed by atoms with van der Waals surface area (Å²) in [6, 6.07) is 4.07. The van der Waals surface area contributed by atoms with Crippen molar-refractivity contribution < 1.29 is 19.1 Å². The first-order valence-corrected chi connectivity index (χ1v) is 10.2.